The highest BCUT2D eigenvalue weighted by atomic mass is 19.1. The Morgan fingerprint density at radius 1 is 1.12 bits per heavy atom. The van der Waals surface area contributed by atoms with Crippen LogP contribution in [-0.2, 0) is 14.3 Å². The van der Waals surface area contributed by atoms with Crippen molar-refractivity contribution < 1.29 is 23.2 Å². The summed E-state index contributed by atoms with van der Waals surface area (Å²) in [6, 6.07) is 4.83. The molecular weight excluding hydrogens is 439 g/mol. The number of rotatable bonds is 7. The van der Waals surface area contributed by atoms with E-state index in [1.54, 1.807) is 6.07 Å². The maximum Gasteiger partial charge on any atom is 0.222 e. The summed E-state index contributed by atoms with van der Waals surface area (Å²) in [4.78, 5) is 17.0. The van der Waals surface area contributed by atoms with Crippen LogP contribution < -0.4 is 10.2 Å². The molecule has 1 atom stereocenters. The van der Waals surface area contributed by atoms with Gasteiger partial charge in [0.1, 0.15) is 5.82 Å². The minimum Gasteiger partial charge on any atom is -0.376 e. The molecule has 1 aliphatic carbocycles. The number of anilines is 1. The fourth-order valence-corrected chi connectivity index (χ4v) is 5.42. The van der Waals surface area contributed by atoms with Crippen molar-refractivity contribution in [2.45, 2.75) is 50.7 Å². The summed E-state index contributed by atoms with van der Waals surface area (Å²) in [6.07, 6.45) is 5.95. The molecule has 3 fully saturated rings. The fourth-order valence-electron chi connectivity index (χ4n) is 5.42. The standard InChI is InChI=1S/C25H35FN4O4/c26-19-3-6-23-22(15-19)25(28-34-23)30-11-9-29(10-12-30)8-7-18-1-4-20(5-2-18)27-24(31)16-21-17-32-13-14-33-21/h3,6,15,18,20-21H,1-2,4-5,7-14,16-17H2,(H,27,31)/t18-,20-,21?. The van der Waals surface area contributed by atoms with Crippen LogP contribution >= 0.6 is 0 Å². The first kappa shape index (κ1) is 23.5. The van der Waals surface area contributed by atoms with E-state index < -0.39 is 0 Å². The zero-order chi connectivity index (χ0) is 23.3. The molecule has 3 heterocycles. The third-order valence-corrected chi connectivity index (χ3v) is 7.45. The molecule has 8 nitrogen and oxygen atoms in total. The number of fused-ring (bicyclic) bond motifs is 1. The molecule has 5 rings (SSSR count). The molecule has 1 aromatic heterocycles. The Hall–Kier alpha value is -2.23. The van der Waals surface area contributed by atoms with Gasteiger partial charge in [-0.1, -0.05) is 5.16 Å². The van der Waals surface area contributed by atoms with E-state index in [0.717, 1.165) is 62.7 Å². The highest BCUT2D eigenvalue weighted by Gasteiger charge is 2.26. The van der Waals surface area contributed by atoms with Gasteiger partial charge in [-0.2, -0.15) is 0 Å². The number of hydrogen-bond donors (Lipinski definition) is 1. The minimum absolute atomic E-state index is 0.0828. The van der Waals surface area contributed by atoms with Gasteiger partial charge in [0, 0.05) is 32.2 Å². The van der Waals surface area contributed by atoms with Gasteiger partial charge in [0.25, 0.3) is 0 Å². The summed E-state index contributed by atoms with van der Waals surface area (Å²) >= 11 is 0. The van der Waals surface area contributed by atoms with E-state index >= 15 is 0 Å². The van der Waals surface area contributed by atoms with Crippen molar-refractivity contribution in [3.05, 3.63) is 24.0 Å². The van der Waals surface area contributed by atoms with Crippen LogP contribution in [0.1, 0.15) is 38.5 Å². The van der Waals surface area contributed by atoms with Crippen molar-refractivity contribution in [1.29, 1.82) is 0 Å². The lowest BCUT2D eigenvalue weighted by Gasteiger charge is -2.36. The Balaban J connectivity index is 0.996. The van der Waals surface area contributed by atoms with Gasteiger partial charge in [-0.25, -0.2) is 4.39 Å². The average molecular weight is 475 g/mol. The average Bonchev–Trinajstić information content (AvgIpc) is 3.27. The first-order valence-corrected chi connectivity index (χ1v) is 12.6. The number of benzene rings is 1. The van der Waals surface area contributed by atoms with Crippen LogP contribution in [-0.4, -0.2) is 80.7 Å². The Labute approximate surface area is 199 Å². The first-order chi connectivity index (χ1) is 16.6. The van der Waals surface area contributed by atoms with E-state index in [1.807, 2.05) is 0 Å². The molecule has 3 aliphatic rings. The number of halogens is 1. The predicted molar refractivity (Wildman–Crippen MR) is 126 cm³/mol. The molecule has 1 unspecified atom stereocenters. The molecule has 1 saturated carbocycles. The first-order valence-electron chi connectivity index (χ1n) is 12.6. The number of carbonyl (C=O) groups is 1. The highest BCUT2D eigenvalue weighted by Crippen LogP contribution is 2.29. The molecule has 9 heteroatoms. The molecule has 0 radical (unpaired) electrons. The second-order valence-electron chi connectivity index (χ2n) is 9.82. The lowest BCUT2D eigenvalue weighted by molar-refractivity contribution is -0.132. The summed E-state index contributed by atoms with van der Waals surface area (Å²) in [6.45, 7) is 6.50. The number of amides is 1. The number of hydrogen-bond acceptors (Lipinski definition) is 7. The number of nitrogens with zero attached hydrogens (tertiary/aromatic N) is 3. The highest BCUT2D eigenvalue weighted by molar-refractivity contribution is 5.88. The minimum atomic E-state index is -0.266. The molecule has 0 bridgehead atoms. The van der Waals surface area contributed by atoms with E-state index in [1.165, 1.54) is 31.4 Å². The molecule has 2 aromatic rings. The summed E-state index contributed by atoms with van der Waals surface area (Å²) in [5.41, 5.74) is 0.627. The monoisotopic (exact) mass is 474 g/mol. The van der Waals surface area contributed by atoms with Crippen molar-refractivity contribution in [2.24, 2.45) is 5.92 Å². The lowest BCUT2D eigenvalue weighted by atomic mass is 9.84. The third-order valence-electron chi connectivity index (χ3n) is 7.45. The predicted octanol–water partition coefficient (Wildman–Crippen LogP) is 2.96. The number of aromatic nitrogens is 1. The molecule has 0 spiro atoms. The summed E-state index contributed by atoms with van der Waals surface area (Å²) in [7, 11) is 0. The second-order valence-corrected chi connectivity index (χ2v) is 9.82. The Morgan fingerprint density at radius 3 is 2.71 bits per heavy atom. The van der Waals surface area contributed by atoms with E-state index in [9.17, 15) is 9.18 Å². The number of carbonyl (C=O) groups excluding carboxylic acids is 1. The zero-order valence-electron chi connectivity index (χ0n) is 19.7. The van der Waals surface area contributed by atoms with E-state index in [0.29, 0.717) is 37.9 Å². The Morgan fingerprint density at radius 2 is 1.94 bits per heavy atom. The molecule has 1 N–H and O–H groups in total. The normalized spacial score (nSPS) is 26.6. The van der Waals surface area contributed by atoms with Gasteiger partial charge >= 0.3 is 0 Å². The van der Waals surface area contributed by atoms with Crippen LogP contribution in [0.4, 0.5) is 10.2 Å². The molecule has 2 aliphatic heterocycles. The summed E-state index contributed by atoms with van der Waals surface area (Å²) < 4.78 is 30.0. The molecule has 34 heavy (non-hydrogen) atoms. The quantitative estimate of drug-likeness (QED) is 0.661. The van der Waals surface area contributed by atoms with Crippen molar-refractivity contribution >= 4 is 22.7 Å². The van der Waals surface area contributed by atoms with Crippen LogP contribution in [0.25, 0.3) is 11.0 Å². The van der Waals surface area contributed by atoms with Crippen molar-refractivity contribution in [2.75, 3.05) is 57.4 Å². The van der Waals surface area contributed by atoms with Gasteiger partial charge < -0.3 is 24.2 Å². The topological polar surface area (TPSA) is 80.1 Å². The van der Waals surface area contributed by atoms with Gasteiger partial charge in [0.05, 0.1) is 37.7 Å². The molecular formula is C25H35FN4O4. The number of ether oxygens (including phenoxy) is 2. The molecule has 2 saturated heterocycles. The van der Waals surface area contributed by atoms with Crippen molar-refractivity contribution in [3.63, 3.8) is 0 Å². The van der Waals surface area contributed by atoms with Gasteiger partial charge in [-0.3, -0.25) is 9.69 Å². The van der Waals surface area contributed by atoms with Gasteiger partial charge in [-0.15, -0.1) is 0 Å². The maximum atomic E-state index is 13.7. The lowest BCUT2D eigenvalue weighted by Crippen LogP contribution is -2.47. The van der Waals surface area contributed by atoms with E-state index in [4.69, 9.17) is 14.0 Å². The Kier molecular flexibility index (Phi) is 7.61. The van der Waals surface area contributed by atoms with E-state index in [-0.39, 0.29) is 17.8 Å². The largest absolute Gasteiger partial charge is 0.376 e. The fraction of sp³-hybridized carbons (Fsp3) is 0.680. The maximum absolute atomic E-state index is 13.7. The third kappa shape index (κ3) is 5.87. The smallest absolute Gasteiger partial charge is 0.222 e. The summed E-state index contributed by atoms with van der Waals surface area (Å²) in [5.74, 6) is 1.29. The van der Waals surface area contributed by atoms with Crippen LogP contribution in [0.3, 0.4) is 0 Å². The Bertz CT molecular complexity index is 948. The van der Waals surface area contributed by atoms with Crippen molar-refractivity contribution in [1.82, 2.24) is 15.4 Å². The van der Waals surface area contributed by atoms with Crippen LogP contribution in [0, 0.1) is 11.7 Å². The van der Waals surface area contributed by atoms with Gasteiger partial charge in [0.2, 0.25) is 5.91 Å². The number of piperazine rings is 1. The van der Waals surface area contributed by atoms with Crippen molar-refractivity contribution in [3.8, 4) is 0 Å². The second kappa shape index (κ2) is 11.0. The summed E-state index contributed by atoms with van der Waals surface area (Å²) in [5, 5.41) is 8.13. The number of nitrogens with one attached hydrogen (secondary N) is 1. The molecule has 1 amide bonds. The molecule has 1 aromatic carbocycles. The SMILES string of the molecule is O=C(CC1COCCO1)N[C@H]1CC[C@H](CCN2CCN(c3noc4ccc(F)cc34)CC2)CC1. The van der Waals surface area contributed by atoms with Crippen LogP contribution in [0.15, 0.2) is 22.7 Å². The van der Waals surface area contributed by atoms with Gasteiger partial charge in [0.15, 0.2) is 11.4 Å². The van der Waals surface area contributed by atoms with Gasteiger partial charge in [-0.05, 0) is 62.8 Å². The van der Waals surface area contributed by atoms with Crippen LogP contribution in [0.2, 0.25) is 0 Å². The van der Waals surface area contributed by atoms with E-state index in [2.05, 4.69) is 20.3 Å². The van der Waals surface area contributed by atoms with Crippen LogP contribution in [0.5, 0.6) is 0 Å². The molecule has 186 valence electrons. The zero-order valence-corrected chi connectivity index (χ0v) is 19.7.